The van der Waals surface area contributed by atoms with Crippen LogP contribution in [0.25, 0.3) is 0 Å². The fourth-order valence-corrected chi connectivity index (χ4v) is 2.23. The lowest BCUT2D eigenvalue weighted by Gasteiger charge is -2.28. The van der Waals surface area contributed by atoms with E-state index in [2.05, 4.69) is 10.3 Å². The summed E-state index contributed by atoms with van der Waals surface area (Å²) in [6.45, 7) is 1.67. The molecule has 0 bridgehead atoms. The summed E-state index contributed by atoms with van der Waals surface area (Å²) in [6, 6.07) is -0.130. The lowest BCUT2D eigenvalue weighted by atomic mass is 9.92. The van der Waals surface area contributed by atoms with Crippen LogP contribution >= 0.6 is 0 Å². The SMILES string of the molecule is Cc1c(C(=O)O)nnn1C1CCCCC1O. The monoisotopic (exact) mass is 225 g/mol. The summed E-state index contributed by atoms with van der Waals surface area (Å²) in [6.07, 6.45) is 3.16. The molecule has 2 N–H and O–H groups in total. The highest BCUT2D eigenvalue weighted by atomic mass is 16.4. The van der Waals surface area contributed by atoms with Crippen molar-refractivity contribution in [3.63, 3.8) is 0 Å². The van der Waals surface area contributed by atoms with Crippen LogP contribution < -0.4 is 0 Å². The zero-order valence-corrected chi connectivity index (χ0v) is 9.13. The number of rotatable bonds is 2. The van der Waals surface area contributed by atoms with Gasteiger partial charge in [0, 0.05) is 0 Å². The fraction of sp³-hybridized carbons (Fsp3) is 0.700. The molecule has 0 spiro atoms. The van der Waals surface area contributed by atoms with Gasteiger partial charge in [-0.25, -0.2) is 9.48 Å². The van der Waals surface area contributed by atoms with Gasteiger partial charge in [0.1, 0.15) is 0 Å². The van der Waals surface area contributed by atoms with Crippen LogP contribution in [0.5, 0.6) is 0 Å². The predicted octanol–water partition coefficient (Wildman–Crippen LogP) is 0.761. The van der Waals surface area contributed by atoms with Crippen molar-refractivity contribution in [3.8, 4) is 0 Å². The molecule has 2 atom stereocenters. The summed E-state index contributed by atoms with van der Waals surface area (Å²) >= 11 is 0. The molecule has 0 amide bonds. The second kappa shape index (κ2) is 4.21. The minimum absolute atomic E-state index is 0.0298. The first-order chi connectivity index (χ1) is 7.61. The van der Waals surface area contributed by atoms with E-state index in [0.717, 1.165) is 25.7 Å². The van der Waals surface area contributed by atoms with Crippen molar-refractivity contribution in [2.24, 2.45) is 0 Å². The Kier molecular flexibility index (Phi) is 2.91. The third-order valence-corrected chi connectivity index (χ3v) is 3.14. The first kappa shape index (κ1) is 11.1. The molecule has 1 heterocycles. The van der Waals surface area contributed by atoms with Gasteiger partial charge in [-0.05, 0) is 19.8 Å². The summed E-state index contributed by atoms with van der Waals surface area (Å²) < 4.78 is 1.55. The summed E-state index contributed by atoms with van der Waals surface area (Å²) in [5.74, 6) is -1.07. The van der Waals surface area contributed by atoms with Gasteiger partial charge in [-0.1, -0.05) is 18.1 Å². The maximum Gasteiger partial charge on any atom is 0.358 e. The number of carboxylic acid groups (broad SMARTS) is 1. The molecule has 0 saturated heterocycles. The third kappa shape index (κ3) is 1.80. The molecular formula is C10H15N3O3. The van der Waals surface area contributed by atoms with Gasteiger partial charge in [-0.15, -0.1) is 5.10 Å². The smallest absolute Gasteiger partial charge is 0.358 e. The number of carbonyl (C=O) groups is 1. The van der Waals surface area contributed by atoms with Gasteiger partial charge in [0.2, 0.25) is 0 Å². The topological polar surface area (TPSA) is 88.2 Å². The number of hydrogen-bond donors (Lipinski definition) is 2. The Morgan fingerprint density at radius 1 is 1.44 bits per heavy atom. The highest BCUT2D eigenvalue weighted by molar-refractivity contribution is 5.86. The van der Waals surface area contributed by atoms with Crippen molar-refractivity contribution < 1.29 is 15.0 Å². The van der Waals surface area contributed by atoms with Gasteiger partial charge < -0.3 is 10.2 Å². The van der Waals surface area contributed by atoms with E-state index >= 15 is 0 Å². The summed E-state index contributed by atoms with van der Waals surface area (Å²) in [7, 11) is 0. The van der Waals surface area contributed by atoms with Crippen LogP contribution in [0, 0.1) is 6.92 Å². The molecule has 1 saturated carbocycles. The normalized spacial score (nSPS) is 25.6. The van der Waals surface area contributed by atoms with Crippen LogP contribution in [-0.2, 0) is 0 Å². The van der Waals surface area contributed by atoms with E-state index in [9.17, 15) is 9.90 Å². The van der Waals surface area contributed by atoms with Crippen molar-refractivity contribution in [2.75, 3.05) is 0 Å². The maximum atomic E-state index is 10.8. The number of aliphatic hydroxyl groups is 1. The Morgan fingerprint density at radius 2 is 2.12 bits per heavy atom. The van der Waals surface area contributed by atoms with Gasteiger partial charge in [-0.2, -0.15) is 0 Å². The largest absolute Gasteiger partial charge is 0.476 e. The van der Waals surface area contributed by atoms with Crippen molar-refractivity contribution in [3.05, 3.63) is 11.4 Å². The second-order valence-corrected chi connectivity index (χ2v) is 4.19. The molecule has 6 nitrogen and oxygen atoms in total. The Balaban J connectivity index is 2.29. The van der Waals surface area contributed by atoms with Crippen LogP contribution in [0.4, 0.5) is 0 Å². The Labute approximate surface area is 92.9 Å². The fourth-order valence-electron chi connectivity index (χ4n) is 2.23. The highest BCUT2D eigenvalue weighted by Gasteiger charge is 2.28. The maximum absolute atomic E-state index is 10.8. The second-order valence-electron chi connectivity index (χ2n) is 4.19. The summed E-state index contributed by atoms with van der Waals surface area (Å²) in [4.78, 5) is 10.8. The van der Waals surface area contributed by atoms with Gasteiger partial charge in [0.25, 0.3) is 0 Å². The zero-order valence-electron chi connectivity index (χ0n) is 9.13. The average Bonchev–Trinajstić information content (AvgIpc) is 2.61. The van der Waals surface area contributed by atoms with Gasteiger partial charge in [0.15, 0.2) is 5.69 Å². The Bertz CT molecular complexity index is 402. The Morgan fingerprint density at radius 3 is 2.69 bits per heavy atom. The minimum Gasteiger partial charge on any atom is -0.476 e. The molecule has 6 heteroatoms. The molecule has 2 rings (SSSR count). The van der Waals surface area contributed by atoms with Crippen molar-refractivity contribution in [1.29, 1.82) is 0 Å². The lowest BCUT2D eigenvalue weighted by molar-refractivity contribution is 0.0662. The van der Waals surface area contributed by atoms with Crippen molar-refractivity contribution in [1.82, 2.24) is 15.0 Å². The molecule has 1 aromatic heterocycles. The quantitative estimate of drug-likeness (QED) is 0.775. The highest BCUT2D eigenvalue weighted by Crippen LogP contribution is 2.29. The van der Waals surface area contributed by atoms with Crippen molar-refractivity contribution >= 4 is 5.97 Å². The van der Waals surface area contributed by atoms with E-state index in [1.54, 1.807) is 11.6 Å². The lowest BCUT2D eigenvalue weighted by Crippen LogP contribution is -2.29. The van der Waals surface area contributed by atoms with Gasteiger partial charge in [0.05, 0.1) is 17.8 Å². The van der Waals surface area contributed by atoms with E-state index in [4.69, 9.17) is 5.11 Å². The Hall–Kier alpha value is -1.43. The average molecular weight is 225 g/mol. The van der Waals surface area contributed by atoms with Crippen LogP contribution in [0.1, 0.15) is 47.9 Å². The van der Waals surface area contributed by atoms with Gasteiger partial charge in [-0.3, -0.25) is 0 Å². The molecule has 0 radical (unpaired) electrons. The molecule has 2 unspecified atom stereocenters. The number of nitrogens with zero attached hydrogens (tertiary/aromatic N) is 3. The van der Waals surface area contributed by atoms with Crippen LogP contribution in [0.15, 0.2) is 0 Å². The van der Waals surface area contributed by atoms with Crippen LogP contribution in [-0.4, -0.2) is 37.3 Å². The standard InChI is InChI=1S/C10H15N3O3/c1-6-9(10(15)16)11-12-13(6)7-4-2-3-5-8(7)14/h7-8,14H,2-5H2,1H3,(H,15,16). The predicted molar refractivity (Wildman–Crippen MR) is 55.2 cm³/mol. The molecule has 88 valence electrons. The molecule has 1 aliphatic carbocycles. The van der Waals surface area contributed by atoms with E-state index in [-0.39, 0.29) is 11.7 Å². The number of carboxylic acids is 1. The van der Waals surface area contributed by atoms with Crippen LogP contribution in [0.3, 0.4) is 0 Å². The van der Waals surface area contributed by atoms with E-state index < -0.39 is 12.1 Å². The molecule has 0 aromatic carbocycles. The zero-order chi connectivity index (χ0) is 11.7. The molecular weight excluding hydrogens is 210 g/mol. The number of hydrogen-bond acceptors (Lipinski definition) is 4. The number of aromatic nitrogens is 3. The molecule has 0 aliphatic heterocycles. The molecule has 16 heavy (non-hydrogen) atoms. The van der Waals surface area contributed by atoms with E-state index in [1.807, 2.05) is 0 Å². The van der Waals surface area contributed by atoms with Crippen LogP contribution in [0.2, 0.25) is 0 Å². The first-order valence-electron chi connectivity index (χ1n) is 5.44. The van der Waals surface area contributed by atoms with E-state index in [1.165, 1.54) is 0 Å². The summed E-state index contributed by atoms with van der Waals surface area (Å²) in [5, 5.41) is 26.2. The summed E-state index contributed by atoms with van der Waals surface area (Å²) in [5.41, 5.74) is 0.483. The molecule has 1 fully saturated rings. The van der Waals surface area contributed by atoms with E-state index in [0.29, 0.717) is 5.69 Å². The molecule has 1 aliphatic rings. The molecule has 1 aromatic rings. The number of aromatic carboxylic acids is 1. The van der Waals surface area contributed by atoms with Crippen molar-refractivity contribution in [2.45, 2.75) is 44.8 Å². The first-order valence-corrected chi connectivity index (χ1v) is 5.44. The minimum atomic E-state index is -1.07. The third-order valence-electron chi connectivity index (χ3n) is 3.14. The van der Waals surface area contributed by atoms with Gasteiger partial charge >= 0.3 is 5.97 Å². The number of aliphatic hydroxyl groups excluding tert-OH is 1.